The van der Waals surface area contributed by atoms with Gasteiger partial charge in [0.15, 0.2) is 0 Å². The maximum atomic E-state index is 12.4. The van der Waals surface area contributed by atoms with Gasteiger partial charge in [0.25, 0.3) is 5.91 Å². The molecule has 1 amide bonds. The average Bonchev–Trinajstić information content (AvgIpc) is 3.05. The van der Waals surface area contributed by atoms with Crippen molar-refractivity contribution in [2.24, 2.45) is 5.10 Å². The first-order valence-corrected chi connectivity index (χ1v) is 10.1. The van der Waals surface area contributed by atoms with Gasteiger partial charge in [-0.25, -0.2) is 5.43 Å². The Kier molecular flexibility index (Phi) is 6.90. The number of nitrogens with zero attached hydrogens (tertiary/aromatic N) is 1. The Labute approximate surface area is 172 Å². The molecule has 28 heavy (non-hydrogen) atoms. The summed E-state index contributed by atoms with van der Waals surface area (Å²) >= 11 is 7.66. The zero-order valence-electron chi connectivity index (χ0n) is 15.7. The van der Waals surface area contributed by atoms with Crippen molar-refractivity contribution < 1.29 is 14.3 Å². The van der Waals surface area contributed by atoms with E-state index in [2.05, 4.69) is 17.5 Å². The summed E-state index contributed by atoms with van der Waals surface area (Å²) in [5.41, 5.74) is 3.39. The number of hydrogen-bond acceptors (Lipinski definition) is 5. The third-order valence-corrected chi connectivity index (χ3v) is 5.73. The molecule has 3 rings (SSSR count). The van der Waals surface area contributed by atoms with Gasteiger partial charge in [0, 0.05) is 10.1 Å². The number of unbranched alkanes of at least 4 members (excludes halogenated alkanes) is 1. The predicted octanol–water partition coefficient (Wildman–Crippen LogP) is 5.51. The second-order valence-electron chi connectivity index (χ2n) is 6.08. The Morgan fingerprint density at radius 1 is 1.21 bits per heavy atom. The number of fused-ring (bicyclic) bond motifs is 1. The van der Waals surface area contributed by atoms with Crippen LogP contribution >= 0.6 is 22.9 Å². The van der Waals surface area contributed by atoms with E-state index in [4.69, 9.17) is 21.1 Å². The molecule has 0 saturated carbocycles. The standard InChI is InChI=1S/C21H21ClN2O3S/c1-3-4-11-27-15-7-5-14(6-8-15)13-23-24-21(25)20-19(22)17-10-9-16(26-2)12-18(17)28-20/h5-10,12-13H,3-4,11H2,1-2H3,(H,24,25). The SMILES string of the molecule is CCCCOc1ccc(C=NNC(=O)c2sc3cc(OC)ccc3c2Cl)cc1. The number of hydrazone groups is 1. The molecule has 5 nitrogen and oxygen atoms in total. The molecule has 0 radical (unpaired) electrons. The number of halogens is 1. The highest BCUT2D eigenvalue weighted by Gasteiger charge is 2.17. The van der Waals surface area contributed by atoms with E-state index in [1.54, 1.807) is 13.3 Å². The molecule has 0 aliphatic carbocycles. The summed E-state index contributed by atoms with van der Waals surface area (Å²) in [5.74, 6) is 1.19. The number of thiophene rings is 1. The zero-order valence-corrected chi connectivity index (χ0v) is 17.3. The summed E-state index contributed by atoms with van der Waals surface area (Å²) < 4.78 is 11.7. The second kappa shape index (κ2) is 9.57. The molecule has 0 bridgehead atoms. The largest absolute Gasteiger partial charge is 0.497 e. The molecular weight excluding hydrogens is 396 g/mol. The molecule has 0 aliphatic heterocycles. The minimum Gasteiger partial charge on any atom is -0.497 e. The second-order valence-corrected chi connectivity index (χ2v) is 7.51. The lowest BCUT2D eigenvalue weighted by Gasteiger charge is -2.04. The number of rotatable bonds is 8. The number of carbonyl (C=O) groups excluding carboxylic acids is 1. The molecule has 1 aromatic heterocycles. The fraction of sp³-hybridized carbons (Fsp3) is 0.238. The van der Waals surface area contributed by atoms with E-state index in [9.17, 15) is 4.79 Å². The lowest BCUT2D eigenvalue weighted by atomic mass is 10.2. The highest BCUT2D eigenvalue weighted by molar-refractivity contribution is 7.21. The summed E-state index contributed by atoms with van der Waals surface area (Å²) in [6.07, 6.45) is 3.71. The first kappa shape index (κ1) is 20.2. The highest BCUT2D eigenvalue weighted by atomic mass is 35.5. The van der Waals surface area contributed by atoms with Crippen LogP contribution < -0.4 is 14.9 Å². The van der Waals surface area contributed by atoms with Crippen molar-refractivity contribution in [3.05, 3.63) is 57.9 Å². The van der Waals surface area contributed by atoms with Crippen LogP contribution in [-0.2, 0) is 0 Å². The van der Waals surface area contributed by atoms with Crippen molar-refractivity contribution in [3.8, 4) is 11.5 Å². The Balaban J connectivity index is 1.63. The van der Waals surface area contributed by atoms with Gasteiger partial charge in [-0.1, -0.05) is 24.9 Å². The molecule has 0 unspecified atom stereocenters. The quantitative estimate of drug-likeness (QED) is 0.299. The van der Waals surface area contributed by atoms with Crippen LogP contribution in [0.2, 0.25) is 5.02 Å². The number of carbonyl (C=O) groups is 1. The van der Waals surface area contributed by atoms with E-state index < -0.39 is 0 Å². The van der Waals surface area contributed by atoms with E-state index in [0.717, 1.165) is 40.0 Å². The first-order chi connectivity index (χ1) is 13.6. The third kappa shape index (κ3) is 4.82. The Morgan fingerprint density at radius 3 is 2.68 bits per heavy atom. The number of hydrogen-bond donors (Lipinski definition) is 1. The van der Waals surface area contributed by atoms with Crippen LogP contribution in [0.25, 0.3) is 10.1 Å². The number of ether oxygens (including phenoxy) is 2. The Morgan fingerprint density at radius 2 is 1.96 bits per heavy atom. The molecule has 1 heterocycles. The van der Waals surface area contributed by atoms with E-state index in [0.29, 0.717) is 16.5 Å². The molecule has 0 aliphatic rings. The molecule has 0 fully saturated rings. The number of nitrogens with one attached hydrogen (secondary N) is 1. The van der Waals surface area contributed by atoms with Crippen molar-refractivity contribution >= 4 is 45.1 Å². The van der Waals surface area contributed by atoms with Gasteiger partial charge in [-0.2, -0.15) is 5.10 Å². The van der Waals surface area contributed by atoms with Crippen LogP contribution in [0.4, 0.5) is 0 Å². The van der Waals surface area contributed by atoms with Crippen LogP contribution in [0, 0.1) is 0 Å². The smallest absolute Gasteiger partial charge is 0.283 e. The predicted molar refractivity (Wildman–Crippen MR) is 115 cm³/mol. The molecule has 0 atom stereocenters. The molecule has 0 saturated heterocycles. The fourth-order valence-electron chi connectivity index (χ4n) is 2.52. The highest BCUT2D eigenvalue weighted by Crippen LogP contribution is 2.37. The molecular formula is C21H21ClN2O3S. The summed E-state index contributed by atoms with van der Waals surface area (Å²) in [7, 11) is 1.60. The van der Waals surface area contributed by atoms with Crippen molar-refractivity contribution in [2.45, 2.75) is 19.8 Å². The van der Waals surface area contributed by atoms with E-state index in [1.165, 1.54) is 11.3 Å². The summed E-state index contributed by atoms with van der Waals surface area (Å²) in [6, 6.07) is 13.1. The molecule has 2 aromatic carbocycles. The van der Waals surface area contributed by atoms with Crippen molar-refractivity contribution in [2.75, 3.05) is 13.7 Å². The summed E-state index contributed by atoms with van der Waals surface area (Å²) in [5, 5.41) is 5.27. The van der Waals surface area contributed by atoms with Crippen LogP contribution in [0.3, 0.4) is 0 Å². The normalized spacial score (nSPS) is 11.1. The molecule has 1 N–H and O–H groups in total. The van der Waals surface area contributed by atoms with Gasteiger partial charge >= 0.3 is 0 Å². The number of amides is 1. The van der Waals surface area contributed by atoms with Gasteiger partial charge in [0.2, 0.25) is 0 Å². The lowest BCUT2D eigenvalue weighted by molar-refractivity contribution is 0.0959. The van der Waals surface area contributed by atoms with Crippen molar-refractivity contribution in [1.29, 1.82) is 0 Å². The minimum absolute atomic E-state index is 0.346. The van der Waals surface area contributed by atoms with E-state index in [1.807, 2.05) is 42.5 Å². The monoisotopic (exact) mass is 416 g/mol. The molecule has 0 spiro atoms. The molecule has 146 valence electrons. The van der Waals surface area contributed by atoms with E-state index in [-0.39, 0.29) is 5.91 Å². The Hall–Kier alpha value is -2.57. The van der Waals surface area contributed by atoms with Gasteiger partial charge < -0.3 is 9.47 Å². The summed E-state index contributed by atoms with van der Waals surface area (Å²) in [4.78, 5) is 12.8. The van der Waals surface area contributed by atoms with Crippen LogP contribution in [0.5, 0.6) is 11.5 Å². The Bertz CT molecular complexity index is 983. The van der Waals surface area contributed by atoms with Gasteiger partial charge in [0.1, 0.15) is 16.4 Å². The van der Waals surface area contributed by atoms with Crippen LogP contribution in [0.1, 0.15) is 35.0 Å². The van der Waals surface area contributed by atoms with Crippen LogP contribution in [0.15, 0.2) is 47.6 Å². The first-order valence-electron chi connectivity index (χ1n) is 8.94. The van der Waals surface area contributed by atoms with Crippen LogP contribution in [-0.4, -0.2) is 25.8 Å². The van der Waals surface area contributed by atoms with Crippen molar-refractivity contribution in [1.82, 2.24) is 5.43 Å². The summed E-state index contributed by atoms with van der Waals surface area (Å²) in [6.45, 7) is 2.84. The van der Waals surface area contributed by atoms with Gasteiger partial charge in [0.05, 0.1) is 25.0 Å². The van der Waals surface area contributed by atoms with E-state index >= 15 is 0 Å². The maximum absolute atomic E-state index is 12.4. The topological polar surface area (TPSA) is 59.9 Å². The van der Waals surface area contributed by atoms with Crippen molar-refractivity contribution in [3.63, 3.8) is 0 Å². The number of benzene rings is 2. The minimum atomic E-state index is -0.346. The molecule has 3 aromatic rings. The third-order valence-electron chi connectivity index (χ3n) is 4.07. The average molecular weight is 417 g/mol. The van der Waals surface area contributed by atoms with Gasteiger partial charge in [-0.05, 0) is 54.4 Å². The van der Waals surface area contributed by atoms with Gasteiger partial charge in [-0.3, -0.25) is 4.79 Å². The lowest BCUT2D eigenvalue weighted by Crippen LogP contribution is -2.16. The fourth-order valence-corrected chi connectivity index (χ4v) is 3.95. The van der Waals surface area contributed by atoms with Gasteiger partial charge in [-0.15, -0.1) is 11.3 Å². The maximum Gasteiger partial charge on any atom is 0.283 e. The zero-order chi connectivity index (χ0) is 19.9. The molecule has 7 heteroatoms. The number of methoxy groups -OCH3 is 1.